The first kappa shape index (κ1) is 23.5. The van der Waals surface area contributed by atoms with Crippen molar-refractivity contribution in [3.8, 4) is 11.5 Å². The van der Waals surface area contributed by atoms with Crippen LogP contribution in [0.15, 0.2) is 41.1 Å². The number of hydrogen-bond donors (Lipinski definition) is 2. The molecule has 2 N–H and O–H groups in total. The summed E-state index contributed by atoms with van der Waals surface area (Å²) in [6.07, 6.45) is 6.07. The third kappa shape index (κ3) is 4.76. The van der Waals surface area contributed by atoms with E-state index in [9.17, 15) is 4.79 Å². The quantitative estimate of drug-likeness (QED) is 0.368. The van der Waals surface area contributed by atoms with Gasteiger partial charge in [-0.1, -0.05) is 0 Å². The summed E-state index contributed by atoms with van der Waals surface area (Å²) in [5, 5.41) is 12.0. The summed E-state index contributed by atoms with van der Waals surface area (Å²) in [5.41, 5.74) is 4.67. The van der Waals surface area contributed by atoms with Gasteiger partial charge in [-0.15, -0.1) is 0 Å². The summed E-state index contributed by atoms with van der Waals surface area (Å²) in [6, 6.07) is 7.84. The van der Waals surface area contributed by atoms with Crippen LogP contribution in [0.3, 0.4) is 0 Å². The van der Waals surface area contributed by atoms with Gasteiger partial charge in [0, 0.05) is 57.0 Å². The molecule has 0 saturated carbocycles. The maximum Gasteiger partial charge on any atom is 0.277 e. The first-order valence-corrected chi connectivity index (χ1v) is 12.8. The molecule has 0 unspecified atom stereocenters. The molecule has 1 saturated heterocycles. The molecule has 192 valence electrons. The number of hydrogen-bond acceptors (Lipinski definition) is 8. The minimum absolute atomic E-state index is 0.223. The first-order chi connectivity index (χ1) is 18.0. The van der Waals surface area contributed by atoms with Crippen molar-refractivity contribution in [2.24, 2.45) is 13.0 Å². The van der Waals surface area contributed by atoms with Crippen LogP contribution in [0.1, 0.15) is 35.4 Å². The minimum Gasteiger partial charge on any atom is -0.444 e. The molecule has 10 nitrogen and oxygen atoms in total. The highest BCUT2D eigenvalue weighted by Crippen LogP contribution is 2.35. The van der Waals surface area contributed by atoms with E-state index in [4.69, 9.17) is 9.15 Å². The molecule has 0 aliphatic carbocycles. The van der Waals surface area contributed by atoms with Gasteiger partial charge < -0.3 is 24.7 Å². The fourth-order valence-corrected chi connectivity index (χ4v) is 5.17. The van der Waals surface area contributed by atoms with E-state index in [0.29, 0.717) is 18.4 Å². The Hall–Kier alpha value is -3.92. The van der Waals surface area contributed by atoms with Crippen molar-refractivity contribution in [3.63, 3.8) is 0 Å². The second-order valence-electron chi connectivity index (χ2n) is 9.80. The highest BCUT2D eigenvalue weighted by Gasteiger charge is 2.24. The van der Waals surface area contributed by atoms with E-state index in [1.165, 1.54) is 6.26 Å². The lowest BCUT2D eigenvalue weighted by molar-refractivity contribution is 0.0902. The van der Waals surface area contributed by atoms with Crippen molar-refractivity contribution in [3.05, 3.63) is 48.1 Å². The lowest BCUT2D eigenvalue weighted by atomic mass is 9.97. The van der Waals surface area contributed by atoms with E-state index in [1.54, 1.807) is 6.20 Å². The molecular weight excluding hydrogens is 470 g/mol. The molecule has 37 heavy (non-hydrogen) atoms. The molecule has 3 aromatic heterocycles. The van der Waals surface area contributed by atoms with Crippen molar-refractivity contribution >= 4 is 34.0 Å². The number of amides is 1. The topological polar surface area (TPSA) is 110 Å². The second kappa shape index (κ2) is 9.85. The van der Waals surface area contributed by atoms with Gasteiger partial charge in [-0.25, -0.2) is 9.97 Å². The van der Waals surface area contributed by atoms with Crippen molar-refractivity contribution in [1.82, 2.24) is 19.7 Å². The smallest absolute Gasteiger partial charge is 0.277 e. The number of piperidine rings is 1. The molecule has 0 atom stereocenters. The number of pyridine rings is 1. The Morgan fingerprint density at radius 2 is 2.03 bits per heavy atom. The molecule has 1 aromatic carbocycles. The third-order valence-electron chi connectivity index (χ3n) is 7.22. The summed E-state index contributed by atoms with van der Waals surface area (Å²) in [7, 11) is 1.95. The van der Waals surface area contributed by atoms with E-state index in [-0.39, 0.29) is 11.6 Å². The zero-order valence-electron chi connectivity index (χ0n) is 21.2. The number of oxazole rings is 1. The lowest BCUT2D eigenvalue weighted by Crippen LogP contribution is -2.35. The van der Waals surface area contributed by atoms with Crippen LogP contribution in [-0.4, -0.2) is 58.5 Å². The normalized spacial score (nSPS) is 17.4. The number of anilines is 3. The van der Waals surface area contributed by atoms with E-state index >= 15 is 0 Å². The zero-order valence-corrected chi connectivity index (χ0v) is 21.2. The zero-order chi connectivity index (χ0) is 25.4. The van der Waals surface area contributed by atoms with Gasteiger partial charge in [0.2, 0.25) is 5.89 Å². The SMILES string of the molecule is Cc1nn(C)c2cc3c(cc12)NC(=O)c1coc(n1)-c1ccnc(c1)NCCCOCC1CCN3CC1. The van der Waals surface area contributed by atoms with Gasteiger partial charge in [0.15, 0.2) is 5.69 Å². The molecule has 3 aliphatic rings. The van der Waals surface area contributed by atoms with E-state index in [0.717, 1.165) is 84.9 Å². The van der Waals surface area contributed by atoms with Gasteiger partial charge in [-0.2, -0.15) is 5.10 Å². The van der Waals surface area contributed by atoms with Gasteiger partial charge in [-0.3, -0.25) is 9.48 Å². The number of nitrogens with zero attached hydrogens (tertiary/aromatic N) is 5. The number of carbonyl (C=O) groups excluding carboxylic acids is 1. The van der Waals surface area contributed by atoms with Gasteiger partial charge in [0.25, 0.3) is 5.91 Å². The van der Waals surface area contributed by atoms with Crippen LogP contribution in [0.4, 0.5) is 17.2 Å². The van der Waals surface area contributed by atoms with E-state index in [1.807, 2.05) is 36.9 Å². The monoisotopic (exact) mass is 501 g/mol. The fraction of sp³-hybridized carbons (Fsp3) is 0.407. The number of carbonyl (C=O) groups is 1. The number of aryl methyl sites for hydroxylation is 2. The molecule has 0 spiro atoms. The Kier molecular flexibility index (Phi) is 6.25. The Labute approximate surface area is 215 Å². The predicted molar refractivity (Wildman–Crippen MR) is 142 cm³/mol. The Balaban J connectivity index is 1.37. The van der Waals surface area contributed by atoms with Crippen LogP contribution in [0.2, 0.25) is 0 Å². The fourth-order valence-electron chi connectivity index (χ4n) is 5.17. The van der Waals surface area contributed by atoms with Crippen LogP contribution in [0.5, 0.6) is 0 Å². The molecule has 0 radical (unpaired) electrons. The van der Waals surface area contributed by atoms with Gasteiger partial charge in [-0.05, 0) is 56.4 Å². The molecule has 6 bridgehead atoms. The number of nitrogens with one attached hydrogen (secondary N) is 2. The van der Waals surface area contributed by atoms with Crippen LogP contribution in [-0.2, 0) is 11.8 Å². The molecular formula is C27H31N7O3. The largest absolute Gasteiger partial charge is 0.444 e. The van der Waals surface area contributed by atoms with Gasteiger partial charge in [0.1, 0.15) is 12.1 Å². The second-order valence-corrected chi connectivity index (χ2v) is 9.80. The van der Waals surface area contributed by atoms with Crippen LogP contribution < -0.4 is 15.5 Å². The summed E-state index contributed by atoms with van der Waals surface area (Å²) in [6.45, 7) is 6.02. The van der Waals surface area contributed by atoms with E-state index in [2.05, 4.69) is 36.7 Å². The lowest BCUT2D eigenvalue weighted by Gasteiger charge is -2.34. The molecule has 4 aromatic rings. The maximum absolute atomic E-state index is 13.3. The summed E-state index contributed by atoms with van der Waals surface area (Å²) < 4.78 is 13.6. The van der Waals surface area contributed by atoms with E-state index < -0.39 is 0 Å². The summed E-state index contributed by atoms with van der Waals surface area (Å²) >= 11 is 0. The van der Waals surface area contributed by atoms with Crippen molar-refractivity contribution in [2.75, 3.05) is 48.4 Å². The Morgan fingerprint density at radius 3 is 2.89 bits per heavy atom. The molecule has 10 heteroatoms. The standard InChI is InChI=1S/C27H31N7O3/c1-17-20-13-21-24(14-23(20)33(2)32-17)34-9-5-18(6-10-34)15-36-11-3-7-28-25-12-19(4-8-29-25)27-31-22(16-37-27)26(35)30-21/h4,8,12-14,16,18H,3,5-7,9-11,15H2,1-2H3,(H,28,29)(H,30,35). The minimum atomic E-state index is -0.317. The van der Waals surface area contributed by atoms with Crippen molar-refractivity contribution < 1.29 is 13.9 Å². The summed E-state index contributed by atoms with van der Waals surface area (Å²) in [4.78, 5) is 24.5. The first-order valence-electron chi connectivity index (χ1n) is 12.8. The number of aromatic nitrogens is 4. The average Bonchev–Trinajstić information content (AvgIpc) is 3.51. The highest BCUT2D eigenvalue weighted by molar-refractivity contribution is 6.06. The molecule has 6 heterocycles. The van der Waals surface area contributed by atoms with Gasteiger partial charge in [0.05, 0.1) is 22.6 Å². The molecule has 7 rings (SSSR count). The van der Waals surface area contributed by atoms with Crippen LogP contribution in [0.25, 0.3) is 22.4 Å². The number of benzene rings is 1. The van der Waals surface area contributed by atoms with Crippen molar-refractivity contribution in [2.45, 2.75) is 26.2 Å². The molecule has 1 fully saturated rings. The van der Waals surface area contributed by atoms with Crippen LogP contribution in [0, 0.1) is 12.8 Å². The molecule has 1 amide bonds. The van der Waals surface area contributed by atoms with Gasteiger partial charge >= 0.3 is 0 Å². The average molecular weight is 502 g/mol. The number of rotatable bonds is 0. The molecule has 3 aliphatic heterocycles. The summed E-state index contributed by atoms with van der Waals surface area (Å²) in [5.74, 6) is 1.31. The number of fused-ring (bicyclic) bond motifs is 9. The maximum atomic E-state index is 13.3. The van der Waals surface area contributed by atoms with Crippen molar-refractivity contribution in [1.29, 1.82) is 0 Å². The highest BCUT2D eigenvalue weighted by atomic mass is 16.5. The predicted octanol–water partition coefficient (Wildman–Crippen LogP) is 4.23. The number of ether oxygens (including phenoxy) is 1. The third-order valence-corrected chi connectivity index (χ3v) is 7.22. The Bertz CT molecular complexity index is 1440. The van der Waals surface area contributed by atoms with Crippen LogP contribution >= 0.6 is 0 Å². The Morgan fingerprint density at radius 1 is 1.16 bits per heavy atom.